The van der Waals surface area contributed by atoms with Gasteiger partial charge in [-0.2, -0.15) is 13.2 Å². The molecule has 0 saturated heterocycles. The Bertz CT molecular complexity index is 466. The average Bonchev–Trinajstić information content (AvgIpc) is 2.26. The molecule has 0 amide bonds. The summed E-state index contributed by atoms with van der Waals surface area (Å²) >= 11 is 5.80. The smallest absolute Gasteiger partial charge is 0.405 e. The highest BCUT2D eigenvalue weighted by Crippen LogP contribution is 2.27. The minimum atomic E-state index is -4.38. The molecule has 1 heterocycles. The van der Waals surface area contributed by atoms with Crippen molar-refractivity contribution in [3.05, 3.63) is 22.8 Å². The van der Waals surface area contributed by atoms with Gasteiger partial charge in [0.05, 0.1) is 10.6 Å². The van der Waals surface area contributed by atoms with E-state index in [9.17, 15) is 18.0 Å². The minimum Gasteiger partial charge on any atom is -0.478 e. The number of carbonyl (C=O) groups is 1. The van der Waals surface area contributed by atoms with Crippen molar-refractivity contribution in [3.63, 3.8) is 0 Å². The van der Waals surface area contributed by atoms with E-state index in [0.717, 1.165) is 17.2 Å². The fourth-order valence-corrected chi connectivity index (χ4v) is 1.81. The number of carboxylic acids is 1. The second-order valence-electron chi connectivity index (χ2n) is 3.87. The van der Waals surface area contributed by atoms with Gasteiger partial charge in [-0.1, -0.05) is 18.5 Å². The number of rotatable bonds is 5. The molecule has 0 unspecified atom stereocenters. The van der Waals surface area contributed by atoms with Gasteiger partial charge in [0, 0.05) is 12.7 Å². The minimum absolute atomic E-state index is 0.0640. The van der Waals surface area contributed by atoms with E-state index >= 15 is 0 Å². The Hall–Kier alpha value is -1.50. The number of halogens is 4. The van der Waals surface area contributed by atoms with Crippen molar-refractivity contribution in [2.45, 2.75) is 19.5 Å². The van der Waals surface area contributed by atoms with E-state index in [1.807, 2.05) is 0 Å². The molecule has 8 heteroatoms. The van der Waals surface area contributed by atoms with Gasteiger partial charge in [0.1, 0.15) is 12.4 Å². The molecule has 106 valence electrons. The van der Waals surface area contributed by atoms with Crippen molar-refractivity contribution in [1.29, 1.82) is 0 Å². The molecule has 0 bridgehead atoms. The third-order valence-electron chi connectivity index (χ3n) is 2.23. The molecule has 1 aromatic heterocycles. The lowest BCUT2D eigenvalue weighted by atomic mass is 10.2. The van der Waals surface area contributed by atoms with Crippen molar-refractivity contribution >= 4 is 23.4 Å². The van der Waals surface area contributed by atoms with Crippen molar-refractivity contribution in [2.75, 3.05) is 18.0 Å². The van der Waals surface area contributed by atoms with Gasteiger partial charge in [0.25, 0.3) is 0 Å². The summed E-state index contributed by atoms with van der Waals surface area (Å²) in [4.78, 5) is 15.4. The van der Waals surface area contributed by atoms with Gasteiger partial charge in [-0.3, -0.25) is 0 Å². The molecule has 1 N–H and O–H groups in total. The van der Waals surface area contributed by atoms with E-state index < -0.39 is 18.7 Å². The number of alkyl halides is 3. The van der Waals surface area contributed by atoms with Crippen LogP contribution in [0, 0.1) is 0 Å². The highest BCUT2D eigenvalue weighted by molar-refractivity contribution is 6.33. The summed E-state index contributed by atoms with van der Waals surface area (Å²) in [5.41, 5.74) is -0.169. The van der Waals surface area contributed by atoms with Crippen LogP contribution >= 0.6 is 11.6 Å². The van der Waals surface area contributed by atoms with Crippen LogP contribution in [0.5, 0.6) is 0 Å². The average molecular weight is 297 g/mol. The van der Waals surface area contributed by atoms with Gasteiger partial charge in [-0.25, -0.2) is 9.78 Å². The number of hydrogen-bond acceptors (Lipinski definition) is 3. The maximum Gasteiger partial charge on any atom is 0.405 e. The zero-order valence-electron chi connectivity index (χ0n) is 10.0. The molecular formula is C11H12ClF3N2O2. The largest absolute Gasteiger partial charge is 0.478 e. The summed E-state index contributed by atoms with van der Waals surface area (Å²) in [7, 11) is 0. The highest BCUT2D eigenvalue weighted by Gasteiger charge is 2.31. The monoisotopic (exact) mass is 296 g/mol. The molecule has 0 aliphatic carbocycles. The third-order valence-corrected chi connectivity index (χ3v) is 2.51. The quantitative estimate of drug-likeness (QED) is 0.906. The number of nitrogens with zero attached hydrogens (tertiary/aromatic N) is 2. The first-order valence-electron chi connectivity index (χ1n) is 5.45. The van der Waals surface area contributed by atoms with Gasteiger partial charge < -0.3 is 10.0 Å². The van der Waals surface area contributed by atoms with Crippen LogP contribution < -0.4 is 4.90 Å². The highest BCUT2D eigenvalue weighted by atomic mass is 35.5. The lowest BCUT2D eigenvalue weighted by Crippen LogP contribution is -2.35. The van der Waals surface area contributed by atoms with E-state index in [4.69, 9.17) is 16.7 Å². The molecule has 0 atom stereocenters. The molecule has 0 aliphatic heterocycles. The predicted molar refractivity (Wildman–Crippen MR) is 64.8 cm³/mol. The number of anilines is 1. The van der Waals surface area contributed by atoms with E-state index in [1.165, 1.54) is 0 Å². The predicted octanol–water partition coefficient (Wildman–Crippen LogP) is 3.21. The van der Waals surface area contributed by atoms with Crippen molar-refractivity contribution < 1.29 is 23.1 Å². The lowest BCUT2D eigenvalue weighted by molar-refractivity contribution is -0.119. The number of aromatic carboxylic acids is 1. The molecule has 0 aromatic carbocycles. The maximum absolute atomic E-state index is 12.4. The van der Waals surface area contributed by atoms with E-state index in [1.54, 1.807) is 6.92 Å². The fraction of sp³-hybridized carbons (Fsp3) is 0.455. The van der Waals surface area contributed by atoms with Gasteiger partial charge in [0.2, 0.25) is 0 Å². The molecule has 19 heavy (non-hydrogen) atoms. The van der Waals surface area contributed by atoms with Gasteiger partial charge in [0.15, 0.2) is 0 Å². The summed E-state index contributed by atoms with van der Waals surface area (Å²) in [5, 5.41) is 8.62. The maximum atomic E-state index is 12.4. The number of carboxylic acid groups (broad SMARTS) is 1. The Morgan fingerprint density at radius 3 is 2.58 bits per heavy atom. The molecule has 1 aromatic rings. The third kappa shape index (κ3) is 4.59. The van der Waals surface area contributed by atoms with E-state index in [-0.39, 0.29) is 22.9 Å². The number of pyridine rings is 1. The van der Waals surface area contributed by atoms with Crippen LogP contribution in [0.3, 0.4) is 0 Å². The van der Waals surface area contributed by atoms with Gasteiger partial charge in [-0.15, -0.1) is 0 Å². The Morgan fingerprint density at radius 2 is 2.16 bits per heavy atom. The SMILES string of the molecule is CCCN(CC(F)(F)F)c1ncc(C(=O)O)cc1Cl. The fourth-order valence-electron chi connectivity index (χ4n) is 1.53. The van der Waals surface area contributed by atoms with Gasteiger partial charge >= 0.3 is 12.1 Å². The summed E-state index contributed by atoms with van der Waals surface area (Å²) in [6.45, 7) is 0.668. The zero-order valence-corrected chi connectivity index (χ0v) is 10.8. The van der Waals surface area contributed by atoms with Crippen molar-refractivity contribution in [1.82, 2.24) is 4.98 Å². The van der Waals surface area contributed by atoms with Crippen LogP contribution in [0.4, 0.5) is 19.0 Å². The Balaban J connectivity index is 3.06. The van der Waals surface area contributed by atoms with Crippen LogP contribution in [0.2, 0.25) is 5.02 Å². The normalized spacial score (nSPS) is 11.4. The Morgan fingerprint density at radius 1 is 1.53 bits per heavy atom. The Labute approximate surface area is 112 Å². The molecule has 0 aliphatic rings. The van der Waals surface area contributed by atoms with Crippen molar-refractivity contribution in [2.24, 2.45) is 0 Å². The molecular weight excluding hydrogens is 285 g/mol. The van der Waals surface area contributed by atoms with E-state index in [0.29, 0.717) is 6.42 Å². The van der Waals surface area contributed by atoms with Crippen LogP contribution in [0.25, 0.3) is 0 Å². The van der Waals surface area contributed by atoms with Crippen LogP contribution in [-0.2, 0) is 0 Å². The topological polar surface area (TPSA) is 53.4 Å². The first kappa shape index (κ1) is 15.6. The van der Waals surface area contributed by atoms with Crippen LogP contribution in [-0.4, -0.2) is 35.3 Å². The second kappa shape index (κ2) is 6.10. The standard InChI is InChI=1S/C11H12ClF3N2O2/c1-2-3-17(6-11(13,14)15)9-8(12)4-7(5-16-9)10(18)19/h4-5H,2-3,6H2,1H3,(H,18,19). The van der Waals surface area contributed by atoms with E-state index in [2.05, 4.69) is 4.98 Å². The second-order valence-corrected chi connectivity index (χ2v) is 4.28. The van der Waals surface area contributed by atoms with Crippen LogP contribution in [0.15, 0.2) is 12.3 Å². The first-order valence-corrected chi connectivity index (χ1v) is 5.83. The summed E-state index contributed by atoms with van der Waals surface area (Å²) < 4.78 is 37.3. The van der Waals surface area contributed by atoms with Crippen molar-refractivity contribution in [3.8, 4) is 0 Å². The first-order chi connectivity index (χ1) is 8.74. The lowest BCUT2D eigenvalue weighted by Gasteiger charge is -2.25. The molecule has 1 rings (SSSR count). The molecule has 4 nitrogen and oxygen atoms in total. The number of hydrogen-bond donors (Lipinski definition) is 1. The van der Waals surface area contributed by atoms with Crippen LogP contribution in [0.1, 0.15) is 23.7 Å². The van der Waals surface area contributed by atoms with Gasteiger partial charge in [-0.05, 0) is 12.5 Å². The summed E-state index contributed by atoms with van der Waals surface area (Å²) in [6, 6.07) is 1.09. The molecule has 0 spiro atoms. The molecule has 0 fully saturated rings. The number of aromatic nitrogens is 1. The molecule has 0 radical (unpaired) electrons. The summed E-state index contributed by atoms with van der Waals surface area (Å²) in [5.74, 6) is -1.30. The molecule has 0 saturated carbocycles. The summed E-state index contributed by atoms with van der Waals surface area (Å²) in [6.07, 6.45) is -2.91. The zero-order chi connectivity index (χ0) is 14.6. The Kier molecular flexibility index (Phi) is 4.99.